The largest absolute Gasteiger partial charge is 0.488 e. The van der Waals surface area contributed by atoms with Gasteiger partial charge in [-0.15, -0.1) is 0 Å². The van der Waals surface area contributed by atoms with Crippen LogP contribution in [0.3, 0.4) is 0 Å². The number of benzene rings is 3. The SMILES string of the molecule is CCOC(=O)N[C@H](C(=O)N1C(c2nc3c(ccc4cc5c(cc43)OCc3cc(-c4cnc([C@@H]6CC[C@H](C)N6C(=O)[C@@H](NC(=O)OCC)C6C[C@@H](C)O[C@H](C)C6)[nH]4)ccc3-5)[nH]2)CC[C@@H]1C)C1C[C@@H](C)O[C@H](C)C1. The van der Waals surface area contributed by atoms with Gasteiger partial charge >= 0.3 is 12.2 Å². The van der Waals surface area contributed by atoms with Crippen LogP contribution in [0.25, 0.3) is 44.2 Å². The van der Waals surface area contributed by atoms with E-state index in [9.17, 15) is 19.2 Å². The summed E-state index contributed by atoms with van der Waals surface area (Å²) in [6, 6.07) is 12.6. The first-order chi connectivity index (χ1) is 34.7. The van der Waals surface area contributed by atoms with Crippen molar-refractivity contribution in [1.82, 2.24) is 40.4 Å². The van der Waals surface area contributed by atoms with Gasteiger partial charge in [0.15, 0.2) is 0 Å². The zero-order valence-corrected chi connectivity index (χ0v) is 42.8. The predicted molar refractivity (Wildman–Crippen MR) is 271 cm³/mol. The minimum absolute atomic E-state index is 0.0340. The number of alkyl carbamates (subject to hydrolysis) is 2. The van der Waals surface area contributed by atoms with E-state index in [-0.39, 0.29) is 85.4 Å². The number of likely N-dealkylation sites (tertiary alicyclic amines) is 2. The van der Waals surface area contributed by atoms with Crippen LogP contribution in [0.4, 0.5) is 9.59 Å². The Balaban J connectivity index is 0.888. The topological polar surface area (TPSA) is 202 Å². The molecule has 4 N–H and O–H groups in total. The zero-order valence-electron chi connectivity index (χ0n) is 42.8. The first-order valence-electron chi connectivity index (χ1n) is 26.3. The van der Waals surface area contributed by atoms with Crippen molar-refractivity contribution >= 4 is 45.8 Å². The third-order valence-corrected chi connectivity index (χ3v) is 15.8. The second-order valence-electron chi connectivity index (χ2n) is 21.0. The number of nitrogens with one attached hydrogen (secondary N) is 4. The lowest BCUT2D eigenvalue weighted by Gasteiger charge is -2.39. The molecular weight excluding hydrogens is 917 g/mol. The summed E-state index contributed by atoms with van der Waals surface area (Å²) in [6.45, 7) is 16.5. The minimum Gasteiger partial charge on any atom is -0.488 e. The quantitative estimate of drug-likeness (QED) is 0.0982. The van der Waals surface area contributed by atoms with Crippen LogP contribution in [-0.2, 0) is 35.1 Å². The molecule has 4 saturated heterocycles. The first kappa shape index (κ1) is 49.4. The number of hydrogen-bond donors (Lipinski definition) is 4. The number of nitrogens with zero attached hydrogens (tertiary/aromatic N) is 4. The fourth-order valence-electron chi connectivity index (χ4n) is 12.7. The molecule has 10 atom stereocenters. The van der Waals surface area contributed by atoms with Crippen molar-refractivity contribution in [2.45, 2.75) is 174 Å². The molecule has 4 amide bonds. The van der Waals surface area contributed by atoms with E-state index in [1.54, 1.807) is 13.8 Å². The van der Waals surface area contributed by atoms with E-state index in [4.69, 9.17) is 33.7 Å². The lowest BCUT2D eigenvalue weighted by Crippen LogP contribution is -2.55. The van der Waals surface area contributed by atoms with Gasteiger partial charge < -0.3 is 54.1 Å². The van der Waals surface area contributed by atoms with Crippen LogP contribution in [0, 0.1) is 11.8 Å². The van der Waals surface area contributed by atoms with Gasteiger partial charge in [0.25, 0.3) is 0 Å². The summed E-state index contributed by atoms with van der Waals surface area (Å²) < 4.78 is 29.1. The number of rotatable bonds is 11. The van der Waals surface area contributed by atoms with Gasteiger partial charge in [-0.25, -0.2) is 19.6 Å². The van der Waals surface area contributed by atoms with Crippen LogP contribution in [0.15, 0.2) is 48.7 Å². The van der Waals surface area contributed by atoms with Crippen molar-refractivity contribution in [1.29, 1.82) is 0 Å². The van der Waals surface area contributed by atoms with Crippen LogP contribution in [-0.4, -0.2) is 116 Å². The highest BCUT2D eigenvalue weighted by Crippen LogP contribution is 2.45. The molecular formula is C55H70N8O9. The van der Waals surface area contributed by atoms with Crippen molar-refractivity contribution in [3.63, 3.8) is 0 Å². The summed E-state index contributed by atoms with van der Waals surface area (Å²) in [4.78, 5) is 76.1. The van der Waals surface area contributed by atoms with Gasteiger partial charge in [-0.1, -0.05) is 18.2 Å². The molecule has 4 fully saturated rings. The Hall–Kier alpha value is -6.20. The van der Waals surface area contributed by atoms with Crippen molar-refractivity contribution < 1.29 is 42.9 Å². The molecule has 5 aliphatic heterocycles. The standard InChI is InChI=1S/C55H70N8O9/c1-9-68-54(66)60-47(36-19-30(5)71-31(6)20-36)52(64)62-28(3)11-17-44(62)50-56-26-43(58-50)35-13-15-39-38(23-35)27-70-46-25-40-34(24-41(39)46)14-16-42-49(40)59-51(57-42)45-18-12-29(4)63(45)53(65)48(61-55(67)69-10-2)37-21-32(7)72-33(8)22-37/h13-16,23-26,28-33,36-37,44-45,47-48H,9-12,17-22,27H2,1-8H3,(H,56,58)(H,57,59)(H,60,66)(H,61,67)/t28-,29-,30+,31+,32+,33+,44-,45?,47-,48-/m0/s1. The normalized spacial score (nSPS) is 27.9. The van der Waals surface area contributed by atoms with E-state index in [1.165, 1.54) is 0 Å². The third kappa shape index (κ3) is 9.61. The molecule has 0 aliphatic carbocycles. The molecule has 10 rings (SSSR count). The molecule has 17 nitrogen and oxygen atoms in total. The van der Waals surface area contributed by atoms with Crippen LogP contribution < -0.4 is 15.4 Å². The van der Waals surface area contributed by atoms with Gasteiger partial charge in [0.2, 0.25) is 11.8 Å². The number of fused-ring (bicyclic) bond motifs is 6. The highest BCUT2D eigenvalue weighted by Gasteiger charge is 2.46. The smallest absolute Gasteiger partial charge is 0.407 e. The molecule has 384 valence electrons. The summed E-state index contributed by atoms with van der Waals surface area (Å²) in [5.74, 6) is 1.73. The van der Waals surface area contributed by atoms with Crippen LogP contribution in [0.5, 0.6) is 5.75 Å². The lowest BCUT2D eigenvalue weighted by molar-refractivity contribution is -0.141. The van der Waals surface area contributed by atoms with Crippen molar-refractivity contribution in [3.8, 4) is 28.1 Å². The van der Waals surface area contributed by atoms with E-state index >= 15 is 0 Å². The molecule has 72 heavy (non-hydrogen) atoms. The number of ether oxygens (including phenoxy) is 5. The number of carbonyl (C=O) groups excluding carboxylic acids is 4. The summed E-state index contributed by atoms with van der Waals surface area (Å²) >= 11 is 0. The van der Waals surface area contributed by atoms with Crippen molar-refractivity contribution in [2.75, 3.05) is 13.2 Å². The van der Waals surface area contributed by atoms with E-state index in [2.05, 4.69) is 70.8 Å². The maximum absolute atomic E-state index is 14.7. The predicted octanol–water partition coefficient (Wildman–Crippen LogP) is 9.41. The number of aromatic amines is 2. The van der Waals surface area contributed by atoms with Crippen LogP contribution >= 0.6 is 0 Å². The Kier molecular flexibility index (Phi) is 14.0. The third-order valence-electron chi connectivity index (χ3n) is 15.8. The Morgan fingerprint density at radius 3 is 1.83 bits per heavy atom. The Morgan fingerprint density at radius 2 is 1.26 bits per heavy atom. The molecule has 17 heteroatoms. The number of H-pyrrole nitrogens is 2. The summed E-state index contributed by atoms with van der Waals surface area (Å²) in [5, 5.41) is 7.85. The molecule has 3 aromatic carbocycles. The van der Waals surface area contributed by atoms with Gasteiger partial charge in [-0.05, 0) is 165 Å². The average Bonchev–Trinajstić information content (AvgIpc) is 4.17. The summed E-state index contributed by atoms with van der Waals surface area (Å²) in [5.41, 5.74) is 6.58. The average molecular weight is 987 g/mol. The second-order valence-corrected chi connectivity index (χ2v) is 21.0. The molecule has 0 bridgehead atoms. The fourth-order valence-corrected chi connectivity index (χ4v) is 12.7. The summed E-state index contributed by atoms with van der Waals surface area (Å²) in [7, 11) is 0. The molecule has 0 spiro atoms. The Labute approximate surface area is 420 Å². The zero-order chi connectivity index (χ0) is 50.5. The second kappa shape index (κ2) is 20.4. The number of aromatic nitrogens is 4. The number of imidazole rings is 2. The number of carbonyl (C=O) groups is 4. The Bertz CT molecular complexity index is 2830. The maximum Gasteiger partial charge on any atom is 0.407 e. The number of hydrogen-bond acceptors (Lipinski definition) is 11. The molecule has 5 aromatic rings. The van der Waals surface area contributed by atoms with Gasteiger partial charge in [-0.2, -0.15) is 0 Å². The number of amides is 4. The monoisotopic (exact) mass is 987 g/mol. The molecule has 5 aliphatic rings. The van der Waals surface area contributed by atoms with Crippen molar-refractivity contribution in [3.05, 3.63) is 65.9 Å². The van der Waals surface area contributed by atoms with E-state index in [0.29, 0.717) is 43.9 Å². The van der Waals surface area contributed by atoms with Gasteiger partial charge in [-0.3, -0.25) is 9.59 Å². The van der Waals surface area contributed by atoms with Gasteiger partial charge in [0.05, 0.1) is 72.6 Å². The minimum atomic E-state index is -0.757. The first-order valence-corrected chi connectivity index (χ1v) is 26.3. The molecule has 0 saturated carbocycles. The van der Waals surface area contributed by atoms with E-state index in [0.717, 1.165) is 81.2 Å². The van der Waals surface area contributed by atoms with Crippen LogP contribution in [0.1, 0.15) is 136 Å². The lowest BCUT2D eigenvalue weighted by atomic mass is 9.85. The molecule has 7 heterocycles. The maximum atomic E-state index is 14.7. The van der Waals surface area contributed by atoms with Gasteiger partial charge in [0, 0.05) is 23.0 Å². The highest BCUT2D eigenvalue weighted by molar-refractivity contribution is 6.07. The fraction of sp³-hybridized carbons (Fsp3) is 0.564. The highest BCUT2D eigenvalue weighted by atomic mass is 16.6. The van der Waals surface area contributed by atoms with Crippen LogP contribution in [0.2, 0.25) is 0 Å². The Morgan fingerprint density at radius 1 is 0.694 bits per heavy atom. The van der Waals surface area contributed by atoms with E-state index in [1.807, 2.05) is 49.8 Å². The van der Waals surface area contributed by atoms with Gasteiger partial charge in [0.1, 0.15) is 36.1 Å². The van der Waals surface area contributed by atoms with Crippen molar-refractivity contribution in [2.24, 2.45) is 11.8 Å². The molecule has 0 radical (unpaired) electrons. The van der Waals surface area contributed by atoms with E-state index < -0.39 is 24.3 Å². The molecule has 1 unspecified atom stereocenters. The molecule has 2 aromatic heterocycles. The summed E-state index contributed by atoms with van der Waals surface area (Å²) in [6.07, 6.45) is 6.22.